The molecule has 0 aliphatic rings. The fourth-order valence-electron chi connectivity index (χ4n) is 2.34. The number of ether oxygens (including phenoxy) is 1. The van der Waals surface area contributed by atoms with Crippen LogP contribution < -0.4 is 10.2 Å². The standard InChI is InChI=1S/C16H7ClF3NO4/c17-9-4-8-13(5-10(9)19)21(6-14(15(8)22)25-16(23)24)12-2-1-7(18)3-11(12)20/h1-6H,(H,23,24). The molecular formula is C16H7ClF3NO4. The van der Waals surface area contributed by atoms with Crippen LogP contribution in [0.15, 0.2) is 41.3 Å². The highest BCUT2D eigenvalue weighted by molar-refractivity contribution is 6.31. The van der Waals surface area contributed by atoms with E-state index in [-0.39, 0.29) is 21.6 Å². The average molecular weight is 370 g/mol. The number of hydrogen-bond acceptors (Lipinski definition) is 3. The summed E-state index contributed by atoms with van der Waals surface area (Å²) in [6, 6.07) is 4.44. The van der Waals surface area contributed by atoms with E-state index in [1.165, 1.54) is 0 Å². The zero-order chi connectivity index (χ0) is 18.3. The summed E-state index contributed by atoms with van der Waals surface area (Å²) in [5.74, 6) is -3.38. The summed E-state index contributed by atoms with van der Waals surface area (Å²) in [4.78, 5) is 23.1. The van der Waals surface area contributed by atoms with Gasteiger partial charge in [0.25, 0.3) is 0 Å². The van der Waals surface area contributed by atoms with Crippen molar-refractivity contribution in [2.24, 2.45) is 0 Å². The second-order valence-electron chi connectivity index (χ2n) is 4.94. The van der Waals surface area contributed by atoms with Crippen LogP contribution in [-0.4, -0.2) is 15.8 Å². The summed E-state index contributed by atoms with van der Waals surface area (Å²) in [5.41, 5.74) is -1.23. The lowest BCUT2D eigenvalue weighted by molar-refractivity contribution is 0.144. The molecule has 0 aliphatic carbocycles. The Morgan fingerprint density at radius 1 is 1.12 bits per heavy atom. The Kier molecular flexibility index (Phi) is 4.13. The molecule has 25 heavy (non-hydrogen) atoms. The third kappa shape index (κ3) is 3.03. The van der Waals surface area contributed by atoms with Gasteiger partial charge in [0, 0.05) is 12.1 Å². The molecule has 0 fully saturated rings. The number of aromatic nitrogens is 1. The smallest absolute Gasteiger partial charge is 0.449 e. The van der Waals surface area contributed by atoms with Crippen LogP contribution in [0.3, 0.4) is 0 Å². The third-order valence-corrected chi connectivity index (χ3v) is 3.67. The van der Waals surface area contributed by atoms with E-state index in [9.17, 15) is 22.8 Å². The summed E-state index contributed by atoms with van der Waals surface area (Å²) >= 11 is 5.66. The summed E-state index contributed by atoms with van der Waals surface area (Å²) in [6.07, 6.45) is -0.890. The Morgan fingerprint density at radius 3 is 2.48 bits per heavy atom. The van der Waals surface area contributed by atoms with Gasteiger partial charge in [0.1, 0.15) is 17.5 Å². The second-order valence-corrected chi connectivity index (χ2v) is 5.35. The maximum atomic E-state index is 14.1. The van der Waals surface area contributed by atoms with Crippen molar-refractivity contribution >= 4 is 28.7 Å². The number of fused-ring (bicyclic) bond motifs is 1. The monoisotopic (exact) mass is 369 g/mol. The Morgan fingerprint density at radius 2 is 1.84 bits per heavy atom. The molecule has 0 saturated carbocycles. The molecule has 0 aliphatic heterocycles. The van der Waals surface area contributed by atoms with Crippen LogP contribution in [0.2, 0.25) is 5.02 Å². The van der Waals surface area contributed by atoms with Crippen LogP contribution >= 0.6 is 11.6 Å². The van der Waals surface area contributed by atoms with E-state index in [2.05, 4.69) is 4.74 Å². The highest BCUT2D eigenvalue weighted by atomic mass is 35.5. The zero-order valence-corrected chi connectivity index (χ0v) is 12.9. The van der Waals surface area contributed by atoms with Gasteiger partial charge in [-0.15, -0.1) is 0 Å². The van der Waals surface area contributed by atoms with Gasteiger partial charge in [-0.1, -0.05) is 11.6 Å². The molecule has 128 valence electrons. The maximum absolute atomic E-state index is 14.1. The molecule has 0 unspecified atom stereocenters. The molecule has 5 nitrogen and oxygen atoms in total. The number of carboxylic acid groups (broad SMARTS) is 1. The van der Waals surface area contributed by atoms with Crippen LogP contribution in [0.4, 0.5) is 18.0 Å². The number of carbonyl (C=O) groups is 1. The first-order chi connectivity index (χ1) is 11.8. The minimum absolute atomic E-state index is 0.102. The predicted octanol–water partition coefficient (Wildman–Crippen LogP) is 4.12. The van der Waals surface area contributed by atoms with E-state index in [4.69, 9.17) is 16.7 Å². The molecule has 1 aromatic heterocycles. The summed E-state index contributed by atoms with van der Waals surface area (Å²) in [7, 11) is 0. The number of benzene rings is 2. The SMILES string of the molecule is O=C(O)Oc1cn(-c2ccc(F)cc2F)c2cc(F)c(Cl)cc2c1=O. The Hall–Kier alpha value is -3.00. The number of rotatable bonds is 2. The maximum Gasteiger partial charge on any atom is 0.511 e. The van der Waals surface area contributed by atoms with Crippen molar-refractivity contribution in [3.63, 3.8) is 0 Å². The van der Waals surface area contributed by atoms with Gasteiger partial charge in [-0.2, -0.15) is 0 Å². The first-order valence-corrected chi connectivity index (χ1v) is 7.06. The summed E-state index contributed by atoms with van der Waals surface area (Å²) < 4.78 is 46.5. The lowest BCUT2D eigenvalue weighted by Crippen LogP contribution is -2.16. The number of halogens is 4. The van der Waals surface area contributed by atoms with Gasteiger partial charge in [-0.05, 0) is 18.2 Å². The van der Waals surface area contributed by atoms with Crippen molar-refractivity contribution in [3.8, 4) is 11.4 Å². The number of hydrogen-bond donors (Lipinski definition) is 1. The lowest BCUT2D eigenvalue weighted by atomic mass is 10.1. The van der Waals surface area contributed by atoms with E-state index in [1.807, 2.05) is 0 Å². The molecule has 0 atom stereocenters. The van der Waals surface area contributed by atoms with Crippen molar-refractivity contribution in [3.05, 3.63) is 69.2 Å². The fraction of sp³-hybridized carbons (Fsp3) is 0. The first kappa shape index (κ1) is 16.8. The molecule has 9 heteroatoms. The molecule has 1 N–H and O–H groups in total. The lowest BCUT2D eigenvalue weighted by Gasteiger charge is -2.14. The largest absolute Gasteiger partial charge is 0.511 e. The molecule has 1 heterocycles. The highest BCUT2D eigenvalue weighted by Crippen LogP contribution is 2.27. The van der Waals surface area contributed by atoms with E-state index >= 15 is 0 Å². The topological polar surface area (TPSA) is 68.5 Å². The highest BCUT2D eigenvalue weighted by Gasteiger charge is 2.18. The Labute approximate surface area is 142 Å². The van der Waals surface area contributed by atoms with Crippen LogP contribution in [0, 0.1) is 17.5 Å². The van der Waals surface area contributed by atoms with Gasteiger partial charge in [0.05, 0.1) is 27.8 Å². The quantitative estimate of drug-likeness (QED) is 0.690. The zero-order valence-electron chi connectivity index (χ0n) is 12.1. The van der Waals surface area contributed by atoms with E-state index < -0.39 is 34.8 Å². The average Bonchev–Trinajstić information content (AvgIpc) is 2.52. The summed E-state index contributed by atoms with van der Waals surface area (Å²) in [6.45, 7) is 0. The molecule has 0 saturated heterocycles. The molecule has 2 aromatic carbocycles. The van der Waals surface area contributed by atoms with Gasteiger partial charge in [-0.3, -0.25) is 4.79 Å². The Bertz CT molecular complexity index is 1080. The van der Waals surface area contributed by atoms with Crippen molar-refractivity contribution in [1.82, 2.24) is 4.57 Å². The molecular weight excluding hydrogens is 363 g/mol. The van der Waals surface area contributed by atoms with E-state index in [0.29, 0.717) is 6.07 Å². The van der Waals surface area contributed by atoms with E-state index in [1.54, 1.807) is 0 Å². The first-order valence-electron chi connectivity index (χ1n) is 6.68. The van der Waals surface area contributed by atoms with Gasteiger partial charge >= 0.3 is 6.16 Å². The van der Waals surface area contributed by atoms with Crippen molar-refractivity contribution in [2.45, 2.75) is 0 Å². The summed E-state index contributed by atoms with van der Waals surface area (Å²) in [5, 5.41) is 8.15. The second kappa shape index (κ2) is 6.14. The van der Waals surface area contributed by atoms with Gasteiger partial charge in [0.2, 0.25) is 5.43 Å². The van der Waals surface area contributed by atoms with Gasteiger partial charge < -0.3 is 14.4 Å². The minimum Gasteiger partial charge on any atom is -0.449 e. The predicted molar refractivity (Wildman–Crippen MR) is 83.1 cm³/mol. The van der Waals surface area contributed by atoms with Crippen molar-refractivity contribution in [2.75, 3.05) is 0 Å². The van der Waals surface area contributed by atoms with Gasteiger partial charge in [0.15, 0.2) is 5.75 Å². The molecule has 0 amide bonds. The molecule has 0 spiro atoms. The fourth-order valence-corrected chi connectivity index (χ4v) is 2.50. The van der Waals surface area contributed by atoms with Crippen LogP contribution in [-0.2, 0) is 0 Å². The van der Waals surface area contributed by atoms with Gasteiger partial charge in [-0.25, -0.2) is 18.0 Å². The van der Waals surface area contributed by atoms with Crippen molar-refractivity contribution < 1.29 is 27.8 Å². The van der Waals surface area contributed by atoms with Crippen LogP contribution in [0.25, 0.3) is 16.6 Å². The normalized spacial score (nSPS) is 10.9. The molecule has 3 aromatic rings. The van der Waals surface area contributed by atoms with Crippen LogP contribution in [0.5, 0.6) is 5.75 Å². The molecule has 0 radical (unpaired) electrons. The van der Waals surface area contributed by atoms with E-state index in [0.717, 1.165) is 35.0 Å². The van der Waals surface area contributed by atoms with Crippen molar-refractivity contribution in [1.29, 1.82) is 0 Å². The Balaban J connectivity index is 2.43. The number of pyridine rings is 1. The van der Waals surface area contributed by atoms with Crippen LogP contribution in [0.1, 0.15) is 0 Å². The third-order valence-electron chi connectivity index (χ3n) is 3.38. The molecule has 3 rings (SSSR count). The number of nitrogens with zero attached hydrogens (tertiary/aromatic N) is 1. The molecule has 0 bridgehead atoms. The minimum atomic E-state index is -1.77.